The Morgan fingerprint density at radius 2 is 1.95 bits per heavy atom. The zero-order chi connectivity index (χ0) is 13.8. The van der Waals surface area contributed by atoms with Gasteiger partial charge >= 0.3 is 5.69 Å². The Morgan fingerprint density at radius 1 is 1.26 bits per heavy atom. The molecule has 0 aliphatic carbocycles. The van der Waals surface area contributed by atoms with Crippen LogP contribution >= 0.6 is 11.8 Å². The van der Waals surface area contributed by atoms with Crippen LogP contribution in [-0.2, 0) is 6.54 Å². The lowest BCUT2D eigenvalue weighted by atomic mass is 10.4. The van der Waals surface area contributed by atoms with Gasteiger partial charge in [-0.05, 0) is 18.6 Å². The molecule has 0 fully saturated rings. The van der Waals surface area contributed by atoms with Gasteiger partial charge in [-0.1, -0.05) is 36.9 Å². The van der Waals surface area contributed by atoms with E-state index in [1.807, 2.05) is 37.3 Å². The minimum absolute atomic E-state index is 0.0851. The number of hydrogen-bond donors (Lipinski definition) is 2. The topological polar surface area (TPSA) is 80.9 Å². The van der Waals surface area contributed by atoms with Crippen LogP contribution in [0.5, 0.6) is 0 Å². The van der Waals surface area contributed by atoms with Gasteiger partial charge in [-0.2, -0.15) is 0 Å². The van der Waals surface area contributed by atoms with Crippen molar-refractivity contribution in [3.05, 3.63) is 51.2 Å². The van der Waals surface area contributed by atoms with Crippen LogP contribution in [0.15, 0.2) is 49.8 Å². The molecule has 0 saturated heterocycles. The van der Waals surface area contributed by atoms with Crippen molar-refractivity contribution in [3.63, 3.8) is 0 Å². The molecule has 2 aromatic rings. The predicted octanol–water partition coefficient (Wildman–Crippen LogP) is 1.68. The highest BCUT2D eigenvalue weighted by atomic mass is 32.2. The molecule has 100 valence electrons. The van der Waals surface area contributed by atoms with Crippen LogP contribution in [0.2, 0.25) is 0 Å². The van der Waals surface area contributed by atoms with Crippen molar-refractivity contribution in [1.29, 1.82) is 0 Å². The van der Waals surface area contributed by atoms with Gasteiger partial charge in [0.15, 0.2) is 0 Å². The van der Waals surface area contributed by atoms with Gasteiger partial charge in [-0.15, -0.1) is 0 Å². The second-order valence-corrected chi connectivity index (χ2v) is 5.11. The third-order valence-corrected chi connectivity index (χ3v) is 3.73. The predicted molar refractivity (Wildman–Crippen MR) is 76.6 cm³/mol. The third-order valence-electron chi connectivity index (χ3n) is 2.59. The van der Waals surface area contributed by atoms with E-state index in [1.54, 1.807) is 0 Å². The monoisotopic (exact) mass is 277 g/mol. The highest BCUT2D eigenvalue weighted by Crippen LogP contribution is 2.29. The van der Waals surface area contributed by atoms with Crippen LogP contribution in [0.25, 0.3) is 0 Å². The molecule has 0 bridgehead atoms. The van der Waals surface area contributed by atoms with Crippen molar-refractivity contribution in [2.24, 2.45) is 0 Å². The number of anilines is 1. The normalized spacial score (nSPS) is 10.6. The number of nitrogen functional groups attached to an aromatic ring is 1. The molecule has 1 aromatic carbocycles. The maximum atomic E-state index is 11.8. The van der Waals surface area contributed by atoms with Gasteiger partial charge in [0.1, 0.15) is 10.7 Å². The molecule has 0 saturated carbocycles. The molecule has 0 aliphatic heterocycles. The molecule has 1 aromatic heterocycles. The number of benzene rings is 1. The molecule has 0 atom stereocenters. The zero-order valence-corrected chi connectivity index (χ0v) is 11.4. The highest BCUT2D eigenvalue weighted by Gasteiger charge is 2.13. The van der Waals surface area contributed by atoms with E-state index in [4.69, 9.17) is 5.73 Å². The Hall–Kier alpha value is -1.95. The van der Waals surface area contributed by atoms with Crippen molar-refractivity contribution in [2.45, 2.75) is 29.8 Å². The minimum Gasteiger partial charge on any atom is -0.392 e. The number of rotatable bonds is 4. The van der Waals surface area contributed by atoms with E-state index in [2.05, 4.69) is 4.98 Å². The number of nitrogens with zero attached hydrogens (tertiary/aromatic N) is 1. The second-order valence-electron chi connectivity index (χ2n) is 4.04. The van der Waals surface area contributed by atoms with E-state index < -0.39 is 11.2 Å². The highest BCUT2D eigenvalue weighted by molar-refractivity contribution is 7.99. The number of aromatic amines is 1. The summed E-state index contributed by atoms with van der Waals surface area (Å²) in [6.45, 7) is 2.49. The summed E-state index contributed by atoms with van der Waals surface area (Å²) in [4.78, 5) is 26.6. The van der Waals surface area contributed by atoms with Crippen molar-refractivity contribution in [3.8, 4) is 0 Å². The summed E-state index contributed by atoms with van der Waals surface area (Å²) in [5.74, 6) is 0. The SMILES string of the molecule is CCCn1c(Sc2ccccc2)c(N)c(=O)[nH]c1=O. The number of H-pyrrole nitrogens is 1. The molecule has 19 heavy (non-hydrogen) atoms. The van der Waals surface area contributed by atoms with Gasteiger partial charge < -0.3 is 5.73 Å². The largest absolute Gasteiger partial charge is 0.392 e. The quantitative estimate of drug-likeness (QED) is 0.833. The zero-order valence-electron chi connectivity index (χ0n) is 10.6. The van der Waals surface area contributed by atoms with Crippen LogP contribution in [-0.4, -0.2) is 9.55 Å². The van der Waals surface area contributed by atoms with E-state index >= 15 is 0 Å². The van der Waals surface area contributed by atoms with E-state index in [9.17, 15) is 9.59 Å². The first-order valence-electron chi connectivity index (χ1n) is 5.99. The Kier molecular flexibility index (Phi) is 4.11. The Balaban J connectivity index is 2.54. The number of nitrogens with two attached hydrogens (primary N) is 1. The van der Waals surface area contributed by atoms with Gasteiger partial charge in [-0.25, -0.2) is 4.79 Å². The fraction of sp³-hybridized carbons (Fsp3) is 0.231. The molecule has 1 heterocycles. The van der Waals surface area contributed by atoms with Crippen molar-refractivity contribution < 1.29 is 0 Å². The second kappa shape index (κ2) is 5.79. The minimum atomic E-state index is -0.532. The van der Waals surface area contributed by atoms with Crippen molar-refractivity contribution >= 4 is 17.4 Å². The van der Waals surface area contributed by atoms with Gasteiger partial charge in [0, 0.05) is 11.4 Å². The van der Waals surface area contributed by atoms with E-state index in [-0.39, 0.29) is 5.69 Å². The molecule has 2 rings (SSSR count). The van der Waals surface area contributed by atoms with Crippen LogP contribution in [0.4, 0.5) is 5.69 Å². The summed E-state index contributed by atoms with van der Waals surface area (Å²) in [6, 6.07) is 9.52. The summed E-state index contributed by atoms with van der Waals surface area (Å²) >= 11 is 1.33. The number of nitrogens with one attached hydrogen (secondary N) is 1. The lowest BCUT2D eigenvalue weighted by molar-refractivity contribution is 0.584. The third kappa shape index (κ3) is 2.90. The first-order valence-corrected chi connectivity index (χ1v) is 6.80. The Morgan fingerprint density at radius 3 is 2.58 bits per heavy atom. The van der Waals surface area contributed by atoms with Gasteiger partial charge in [-0.3, -0.25) is 14.3 Å². The standard InChI is InChI=1S/C13H15N3O2S/c1-2-8-16-12(10(14)11(17)15-13(16)18)19-9-6-4-3-5-7-9/h3-7H,2,8,14H2,1H3,(H,15,17,18). The van der Waals surface area contributed by atoms with Crippen LogP contribution in [0.1, 0.15) is 13.3 Å². The molecule has 0 spiro atoms. The molecule has 0 aliphatic rings. The van der Waals surface area contributed by atoms with Crippen LogP contribution < -0.4 is 17.0 Å². The lowest BCUT2D eigenvalue weighted by Gasteiger charge is -2.12. The summed E-state index contributed by atoms with van der Waals surface area (Å²) in [5.41, 5.74) is 4.94. The summed E-state index contributed by atoms with van der Waals surface area (Å²) in [6.07, 6.45) is 0.785. The van der Waals surface area contributed by atoms with Crippen molar-refractivity contribution in [2.75, 3.05) is 5.73 Å². The fourth-order valence-corrected chi connectivity index (χ4v) is 2.71. The van der Waals surface area contributed by atoms with E-state index in [0.717, 1.165) is 11.3 Å². The maximum Gasteiger partial charge on any atom is 0.329 e. The van der Waals surface area contributed by atoms with Crippen LogP contribution in [0, 0.1) is 0 Å². The number of hydrogen-bond acceptors (Lipinski definition) is 4. The average Bonchev–Trinajstić information content (AvgIpc) is 2.41. The van der Waals surface area contributed by atoms with Gasteiger partial charge in [0.25, 0.3) is 5.56 Å². The van der Waals surface area contributed by atoms with Gasteiger partial charge in [0.2, 0.25) is 0 Å². The molecule has 0 amide bonds. The Bertz CT molecular complexity index is 677. The summed E-state index contributed by atoms with van der Waals surface area (Å²) in [5, 5.41) is 0.502. The molecule has 0 radical (unpaired) electrons. The molecule has 0 unspecified atom stereocenters. The van der Waals surface area contributed by atoms with Crippen LogP contribution in [0.3, 0.4) is 0 Å². The first kappa shape index (κ1) is 13.5. The number of aromatic nitrogens is 2. The van der Waals surface area contributed by atoms with E-state index in [0.29, 0.717) is 11.6 Å². The smallest absolute Gasteiger partial charge is 0.329 e. The molecule has 5 nitrogen and oxygen atoms in total. The lowest BCUT2D eigenvalue weighted by Crippen LogP contribution is -2.33. The fourth-order valence-electron chi connectivity index (χ4n) is 1.70. The molecule has 3 N–H and O–H groups in total. The average molecular weight is 277 g/mol. The first-order chi connectivity index (χ1) is 9.13. The van der Waals surface area contributed by atoms with Gasteiger partial charge in [0.05, 0.1) is 0 Å². The van der Waals surface area contributed by atoms with E-state index in [1.165, 1.54) is 16.3 Å². The molecular weight excluding hydrogens is 262 g/mol. The summed E-state index contributed by atoms with van der Waals surface area (Å²) in [7, 11) is 0. The molecule has 6 heteroatoms. The summed E-state index contributed by atoms with van der Waals surface area (Å²) < 4.78 is 1.51. The maximum absolute atomic E-state index is 11.8. The Labute approximate surface area is 114 Å². The molecular formula is C13H15N3O2S. The van der Waals surface area contributed by atoms with Crippen molar-refractivity contribution in [1.82, 2.24) is 9.55 Å².